The van der Waals surface area contributed by atoms with Crippen molar-refractivity contribution in [1.82, 2.24) is 4.90 Å². The molecule has 2 nitrogen and oxygen atoms in total. The first kappa shape index (κ1) is 12.6. The fourth-order valence-electron chi connectivity index (χ4n) is 1.72. The molecule has 1 aliphatic rings. The molecule has 1 saturated heterocycles. The fraction of sp³-hybridized carbons (Fsp3) is 1.00. The predicted octanol–water partition coefficient (Wildman–Crippen LogP) is 2.78. The van der Waals surface area contributed by atoms with E-state index in [4.69, 9.17) is 0 Å². The summed E-state index contributed by atoms with van der Waals surface area (Å²) in [6.07, 6.45) is 1.96. The quantitative estimate of drug-likeness (QED) is 0.702. The van der Waals surface area contributed by atoms with Crippen LogP contribution in [-0.4, -0.2) is 48.1 Å². The minimum Gasteiger partial charge on any atom is -0.324 e. The Morgan fingerprint density at radius 2 is 2.14 bits per heavy atom. The topological polar surface area (TPSA) is 20.3 Å². The Kier molecular flexibility index (Phi) is 3.77. The van der Waals surface area contributed by atoms with Crippen LogP contribution in [0.25, 0.3) is 0 Å². The molecule has 0 amide bonds. The molecule has 0 bridgehead atoms. The average Bonchev–Trinajstić information content (AvgIpc) is 2.30. The van der Waals surface area contributed by atoms with Gasteiger partial charge in [-0.15, -0.1) is 11.8 Å². The molecule has 4 heteroatoms. The minimum atomic E-state index is -1.84. The van der Waals surface area contributed by atoms with Crippen molar-refractivity contribution in [2.75, 3.05) is 32.4 Å². The molecule has 14 heavy (non-hydrogen) atoms. The third-order valence-electron chi connectivity index (χ3n) is 3.29. The van der Waals surface area contributed by atoms with Gasteiger partial charge in [0.05, 0.1) is 7.14 Å². The van der Waals surface area contributed by atoms with Gasteiger partial charge >= 0.3 is 0 Å². The summed E-state index contributed by atoms with van der Waals surface area (Å²) < 4.78 is 12.0. The number of hydrogen-bond donors (Lipinski definition) is 0. The summed E-state index contributed by atoms with van der Waals surface area (Å²) in [7, 11) is 0.328. The molecule has 2 atom stereocenters. The van der Waals surface area contributed by atoms with Gasteiger partial charge in [-0.3, -0.25) is 4.90 Å². The second kappa shape index (κ2) is 4.19. The van der Waals surface area contributed by atoms with Gasteiger partial charge in [0.25, 0.3) is 0 Å². The van der Waals surface area contributed by atoms with Crippen LogP contribution in [0, 0.1) is 0 Å². The van der Waals surface area contributed by atoms with Gasteiger partial charge in [0.2, 0.25) is 0 Å². The molecule has 0 aliphatic carbocycles. The minimum absolute atomic E-state index is 0.302. The number of rotatable bonds is 3. The lowest BCUT2D eigenvalue weighted by atomic mass is 9.99. The Morgan fingerprint density at radius 3 is 2.50 bits per heavy atom. The third-order valence-corrected chi connectivity index (χ3v) is 6.33. The van der Waals surface area contributed by atoms with E-state index in [2.05, 4.69) is 25.8 Å². The van der Waals surface area contributed by atoms with Crippen molar-refractivity contribution in [3.63, 3.8) is 0 Å². The molecule has 1 rings (SSSR count). The molecule has 1 fully saturated rings. The maximum Gasteiger partial charge on any atom is 0.0819 e. The molecule has 0 aromatic rings. The predicted molar refractivity (Wildman–Crippen MR) is 67.0 cm³/mol. The van der Waals surface area contributed by atoms with Gasteiger partial charge in [-0.05, 0) is 40.6 Å². The second-order valence-corrected chi connectivity index (χ2v) is 10.1. The summed E-state index contributed by atoms with van der Waals surface area (Å²) in [6.45, 7) is 8.37. The van der Waals surface area contributed by atoms with E-state index in [9.17, 15) is 4.57 Å². The standard InChI is InChI=1S/C10H22NOPS/c1-9-10(2,14-8-11(9)3)6-7-13(4,5)12/h9H,6-8H2,1-5H3/t9-,10?/m1/s1. The molecule has 0 radical (unpaired) electrons. The lowest BCUT2D eigenvalue weighted by molar-refractivity contribution is 0.274. The maximum absolute atomic E-state index is 11.7. The second-order valence-electron chi connectivity index (χ2n) is 5.07. The van der Waals surface area contributed by atoms with Crippen molar-refractivity contribution < 1.29 is 4.57 Å². The molecular weight excluding hydrogens is 213 g/mol. The van der Waals surface area contributed by atoms with E-state index >= 15 is 0 Å². The Balaban J connectivity index is 2.55. The lowest BCUT2D eigenvalue weighted by Gasteiger charge is -2.30. The average molecular weight is 235 g/mol. The van der Waals surface area contributed by atoms with Crippen molar-refractivity contribution in [1.29, 1.82) is 0 Å². The van der Waals surface area contributed by atoms with Gasteiger partial charge < -0.3 is 4.57 Å². The summed E-state index contributed by atoms with van der Waals surface area (Å²) in [5.41, 5.74) is 0. The molecule has 0 spiro atoms. The Hall–Kier alpha value is 0.540. The van der Waals surface area contributed by atoms with Gasteiger partial charge in [-0.1, -0.05) is 0 Å². The van der Waals surface area contributed by atoms with Crippen LogP contribution in [-0.2, 0) is 4.57 Å². The fourth-order valence-corrected chi connectivity index (χ4v) is 4.26. The van der Waals surface area contributed by atoms with E-state index < -0.39 is 7.14 Å². The molecular formula is C10H22NOPS. The first-order valence-corrected chi connectivity index (χ1v) is 8.90. The van der Waals surface area contributed by atoms with E-state index in [1.807, 2.05) is 25.1 Å². The van der Waals surface area contributed by atoms with Crippen molar-refractivity contribution in [3.8, 4) is 0 Å². The monoisotopic (exact) mass is 235 g/mol. The van der Waals surface area contributed by atoms with E-state index in [1.165, 1.54) is 0 Å². The zero-order chi connectivity index (χ0) is 11.0. The summed E-state index contributed by atoms with van der Waals surface area (Å²) in [5, 5.41) is 0. The SMILES string of the molecule is C[C@H]1N(C)CSC1(C)CCP(C)(C)=O. The Morgan fingerprint density at radius 1 is 1.57 bits per heavy atom. The van der Waals surface area contributed by atoms with Crippen LogP contribution in [0.4, 0.5) is 0 Å². The van der Waals surface area contributed by atoms with Crippen LogP contribution >= 0.6 is 18.9 Å². The van der Waals surface area contributed by atoms with E-state index in [0.717, 1.165) is 18.5 Å². The van der Waals surface area contributed by atoms with E-state index in [1.54, 1.807) is 0 Å². The number of hydrogen-bond acceptors (Lipinski definition) is 3. The summed E-state index contributed by atoms with van der Waals surface area (Å²) in [5.74, 6) is 1.11. The van der Waals surface area contributed by atoms with Crippen molar-refractivity contribution >= 4 is 18.9 Å². The van der Waals surface area contributed by atoms with Gasteiger partial charge in [0.1, 0.15) is 0 Å². The number of thioether (sulfide) groups is 1. The van der Waals surface area contributed by atoms with Gasteiger partial charge in [0, 0.05) is 22.8 Å². The van der Waals surface area contributed by atoms with Crippen molar-refractivity contribution in [2.45, 2.75) is 31.1 Å². The van der Waals surface area contributed by atoms with Crippen LogP contribution in [0.3, 0.4) is 0 Å². The number of nitrogens with zero attached hydrogens (tertiary/aromatic N) is 1. The van der Waals surface area contributed by atoms with Crippen molar-refractivity contribution in [3.05, 3.63) is 0 Å². The molecule has 84 valence electrons. The van der Waals surface area contributed by atoms with Crippen LogP contribution in [0.5, 0.6) is 0 Å². The van der Waals surface area contributed by atoms with E-state index in [-0.39, 0.29) is 0 Å². The zero-order valence-electron chi connectivity index (χ0n) is 9.91. The largest absolute Gasteiger partial charge is 0.324 e. The molecule has 0 aromatic carbocycles. The summed E-state index contributed by atoms with van der Waals surface area (Å²) >= 11 is 2.01. The highest BCUT2D eigenvalue weighted by Gasteiger charge is 2.40. The highest BCUT2D eigenvalue weighted by molar-refractivity contribution is 8.00. The molecule has 1 unspecified atom stereocenters. The highest BCUT2D eigenvalue weighted by atomic mass is 32.2. The van der Waals surface area contributed by atoms with Crippen LogP contribution in [0.2, 0.25) is 0 Å². The Bertz CT molecular complexity index is 253. The summed E-state index contributed by atoms with van der Waals surface area (Å²) in [4.78, 5) is 2.38. The molecule has 0 saturated carbocycles. The van der Waals surface area contributed by atoms with E-state index in [0.29, 0.717) is 10.8 Å². The summed E-state index contributed by atoms with van der Waals surface area (Å²) in [6, 6.07) is 0.596. The molecule has 1 aliphatic heterocycles. The van der Waals surface area contributed by atoms with Crippen LogP contribution in [0.1, 0.15) is 20.3 Å². The normalized spacial score (nSPS) is 35.1. The Labute approximate surface area is 92.2 Å². The van der Waals surface area contributed by atoms with Crippen molar-refractivity contribution in [2.24, 2.45) is 0 Å². The maximum atomic E-state index is 11.7. The van der Waals surface area contributed by atoms with Gasteiger partial charge in [-0.2, -0.15) is 0 Å². The smallest absolute Gasteiger partial charge is 0.0819 e. The first-order chi connectivity index (χ1) is 6.25. The molecule has 1 heterocycles. The van der Waals surface area contributed by atoms with Crippen LogP contribution in [0.15, 0.2) is 0 Å². The van der Waals surface area contributed by atoms with Gasteiger partial charge in [0.15, 0.2) is 0 Å². The van der Waals surface area contributed by atoms with Crippen LogP contribution < -0.4 is 0 Å². The highest BCUT2D eigenvalue weighted by Crippen LogP contribution is 2.46. The third kappa shape index (κ3) is 3.01. The van der Waals surface area contributed by atoms with Gasteiger partial charge in [-0.25, -0.2) is 0 Å². The zero-order valence-corrected chi connectivity index (χ0v) is 11.6. The first-order valence-electron chi connectivity index (χ1n) is 5.13. The molecule has 0 aromatic heterocycles. The lowest BCUT2D eigenvalue weighted by Crippen LogP contribution is -2.37. The molecule has 0 N–H and O–H groups in total.